The average molecular weight is 336 g/mol. The molecule has 0 N–H and O–H groups in total. The number of ether oxygens (including phenoxy) is 1. The van der Waals surface area contributed by atoms with Gasteiger partial charge in [-0.25, -0.2) is 4.39 Å². The Morgan fingerprint density at radius 3 is 2.60 bits per heavy atom. The number of morpholine rings is 1. The SMILES string of the molecule is O=C(c1ccccc1)c1cnc2ccc(F)cc2c1N1CCOCC1. The molecule has 5 heteroatoms. The number of carbonyl (C=O) groups excluding carboxylic acids is 1. The number of halogens is 1. The minimum Gasteiger partial charge on any atom is -0.378 e. The van der Waals surface area contributed by atoms with E-state index in [0.717, 1.165) is 5.69 Å². The number of aromatic nitrogens is 1. The molecule has 0 aliphatic carbocycles. The second kappa shape index (κ2) is 6.61. The van der Waals surface area contributed by atoms with E-state index in [2.05, 4.69) is 9.88 Å². The van der Waals surface area contributed by atoms with Crippen LogP contribution < -0.4 is 4.90 Å². The Hall–Kier alpha value is -2.79. The molecule has 2 aromatic carbocycles. The minimum absolute atomic E-state index is 0.110. The Morgan fingerprint density at radius 1 is 1.08 bits per heavy atom. The molecule has 1 aliphatic heterocycles. The van der Waals surface area contributed by atoms with Gasteiger partial charge in [-0.05, 0) is 18.2 Å². The van der Waals surface area contributed by atoms with Crippen LogP contribution in [0.2, 0.25) is 0 Å². The number of ketones is 1. The highest BCUT2D eigenvalue weighted by molar-refractivity contribution is 6.16. The van der Waals surface area contributed by atoms with Crippen molar-refractivity contribution >= 4 is 22.4 Å². The van der Waals surface area contributed by atoms with Crippen LogP contribution in [0.1, 0.15) is 15.9 Å². The monoisotopic (exact) mass is 336 g/mol. The summed E-state index contributed by atoms with van der Waals surface area (Å²) in [5.41, 5.74) is 2.50. The van der Waals surface area contributed by atoms with Crippen LogP contribution in [0, 0.1) is 5.82 Å². The van der Waals surface area contributed by atoms with Crippen molar-refractivity contribution in [3.8, 4) is 0 Å². The van der Waals surface area contributed by atoms with Gasteiger partial charge in [0.25, 0.3) is 0 Å². The smallest absolute Gasteiger partial charge is 0.196 e. The first-order chi connectivity index (χ1) is 12.2. The summed E-state index contributed by atoms with van der Waals surface area (Å²) >= 11 is 0. The van der Waals surface area contributed by atoms with Crippen molar-refractivity contribution in [2.24, 2.45) is 0 Å². The van der Waals surface area contributed by atoms with Crippen molar-refractivity contribution < 1.29 is 13.9 Å². The molecular weight excluding hydrogens is 319 g/mol. The third kappa shape index (κ3) is 2.98. The molecule has 0 saturated carbocycles. The van der Waals surface area contributed by atoms with Gasteiger partial charge in [-0.2, -0.15) is 0 Å². The number of hydrogen-bond donors (Lipinski definition) is 0. The van der Waals surface area contributed by atoms with Gasteiger partial charge in [0.05, 0.1) is 30.0 Å². The maximum Gasteiger partial charge on any atom is 0.196 e. The lowest BCUT2D eigenvalue weighted by molar-refractivity contribution is 0.103. The van der Waals surface area contributed by atoms with Crippen LogP contribution in [0.4, 0.5) is 10.1 Å². The van der Waals surface area contributed by atoms with E-state index in [9.17, 15) is 9.18 Å². The van der Waals surface area contributed by atoms with Crippen molar-refractivity contribution in [1.29, 1.82) is 0 Å². The zero-order valence-electron chi connectivity index (χ0n) is 13.6. The summed E-state index contributed by atoms with van der Waals surface area (Å²) in [4.78, 5) is 19.5. The predicted octanol–water partition coefficient (Wildman–Crippen LogP) is 3.44. The molecule has 1 aliphatic rings. The molecule has 25 heavy (non-hydrogen) atoms. The van der Waals surface area contributed by atoms with Gasteiger partial charge in [-0.1, -0.05) is 30.3 Å². The fourth-order valence-corrected chi connectivity index (χ4v) is 3.19. The molecule has 0 amide bonds. The molecule has 4 rings (SSSR count). The zero-order chi connectivity index (χ0) is 17.2. The van der Waals surface area contributed by atoms with Crippen LogP contribution in [-0.4, -0.2) is 37.1 Å². The molecule has 3 aromatic rings. The lowest BCUT2D eigenvalue weighted by atomic mass is 9.99. The largest absolute Gasteiger partial charge is 0.378 e. The number of carbonyl (C=O) groups is 1. The molecule has 2 heterocycles. The first-order valence-electron chi connectivity index (χ1n) is 8.25. The van der Waals surface area contributed by atoms with Crippen LogP contribution in [0.15, 0.2) is 54.7 Å². The molecule has 1 saturated heterocycles. The van der Waals surface area contributed by atoms with E-state index in [-0.39, 0.29) is 11.6 Å². The molecule has 0 bridgehead atoms. The summed E-state index contributed by atoms with van der Waals surface area (Å²) in [6.45, 7) is 2.48. The topological polar surface area (TPSA) is 42.4 Å². The van der Waals surface area contributed by atoms with Crippen molar-refractivity contribution in [3.05, 3.63) is 71.7 Å². The van der Waals surface area contributed by atoms with Crippen LogP contribution in [0.5, 0.6) is 0 Å². The zero-order valence-corrected chi connectivity index (χ0v) is 13.6. The predicted molar refractivity (Wildman–Crippen MR) is 94.6 cm³/mol. The lowest BCUT2D eigenvalue weighted by Crippen LogP contribution is -2.37. The third-order valence-electron chi connectivity index (χ3n) is 4.41. The fourth-order valence-electron chi connectivity index (χ4n) is 3.19. The summed E-state index contributed by atoms with van der Waals surface area (Å²) < 4.78 is 19.3. The van der Waals surface area contributed by atoms with E-state index in [1.165, 1.54) is 12.1 Å². The Labute approximate surface area is 144 Å². The fraction of sp³-hybridized carbons (Fsp3) is 0.200. The number of anilines is 1. The van der Waals surface area contributed by atoms with E-state index >= 15 is 0 Å². The molecule has 4 nitrogen and oxygen atoms in total. The van der Waals surface area contributed by atoms with Gasteiger partial charge < -0.3 is 9.64 Å². The first kappa shape index (κ1) is 15.7. The Bertz CT molecular complexity index is 922. The first-order valence-corrected chi connectivity index (χ1v) is 8.25. The van der Waals surface area contributed by atoms with Crippen molar-refractivity contribution in [2.75, 3.05) is 31.2 Å². The molecule has 0 spiro atoms. The van der Waals surface area contributed by atoms with Crippen LogP contribution in [0.25, 0.3) is 10.9 Å². The molecule has 126 valence electrons. The van der Waals surface area contributed by atoms with E-state index in [1.807, 2.05) is 18.2 Å². The van der Waals surface area contributed by atoms with Gasteiger partial charge in [0.15, 0.2) is 5.78 Å². The molecule has 0 unspecified atom stereocenters. The van der Waals surface area contributed by atoms with Crippen molar-refractivity contribution in [1.82, 2.24) is 4.98 Å². The van der Waals surface area contributed by atoms with Gasteiger partial charge >= 0.3 is 0 Å². The number of benzene rings is 2. The number of rotatable bonds is 3. The standard InChI is InChI=1S/C20H17FN2O2/c21-15-6-7-18-16(12-15)19(23-8-10-25-11-9-23)17(13-22-18)20(24)14-4-2-1-3-5-14/h1-7,12-13H,8-11H2. The van der Waals surface area contributed by atoms with Crippen LogP contribution in [0.3, 0.4) is 0 Å². The number of nitrogens with zero attached hydrogens (tertiary/aromatic N) is 2. The summed E-state index contributed by atoms with van der Waals surface area (Å²) in [6.07, 6.45) is 1.60. The van der Waals surface area contributed by atoms with Crippen molar-refractivity contribution in [2.45, 2.75) is 0 Å². The number of hydrogen-bond acceptors (Lipinski definition) is 4. The molecule has 1 fully saturated rings. The van der Waals surface area contributed by atoms with E-state index in [4.69, 9.17) is 4.74 Å². The Morgan fingerprint density at radius 2 is 1.84 bits per heavy atom. The summed E-state index contributed by atoms with van der Waals surface area (Å²) in [6, 6.07) is 13.6. The minimum atomic E-state index is -0.340. The van der Waals surface area contributed by atoms with Crippen LogP contribution in [-0.2, 0) is 4.74 Å². The molecular formula is C20H17FN2O2. The second-order valence-corrected chi connectivity index (χ2v) is 5.98. The van der Waals surface area contributed by atoms with E-state index < -0.39 is 0 Å². The normalized spacial score (nSPS) is 14.7. The van der Waals surface area contributed by atoms with E-state index in [0.29, 0.717) is 48.3 Å². The average Bonchev–Trinajstić information content (AvgIpc) is 2.68. The Balaban J connectivity index is 1.92. The highest BCUT2D eigenvalue weighted by Crippen LogP contribution is 2.32. The summed E-state index contributed by atoms with van der Waals surface area (Å²) in [7, 11) is 0. The number of pyridine rings is 1. The summed E-state index contributed by atoms with van der Waals surface area (Å²) in [5, 5.41) is 0.656. The van der Waals surface area contributed by atoms with Crippen LogP contribution >= 0.6 is 0 Å². The molecule has 0 radical (unpaired) electrons. The van der Waals surface area contributed by atoms with Gasteiger partial charge in [-0.3, -0.25) is 9.78 Å². The van der Waals surface area contributed by atoms with Gasteiger partial charge in [-0.15, -0.1) is 0 Å². The maximum atomic E-state index is 13.9. The third-order valence-corrected chi connectivity index (χ3v) is 4.41. The Kier molecular flexibility index (Phi) is 4.15. The van der Waals surface area contributed by atoms with Gasteiger partial charge in [0.1, 0.15) is 5.82 Å². The second-order valence-electron chi connectivity index (χ2n) is 5.98. The highest BCUT2D eigenvalue weighted by atomic mass is 19.1. The van der Waals surface area contributed by atoms with Gasteiger partial charge in [0, 0.05) is 30.2 Å². The lowest BCUT2D eigenvalue weighted by Gasteiger charge is -2.31. The van der Waals surface area contributed by atoms with E-state index in [1.54, 1.807) is 24.4 Å². The summed E-state index contributed by atoms with van der Waals surface area (Å²) in [5.74, 6) is -0.450. The van der Waals surface area contributed by atoms with Gasteiger partial charge in [0.2, 0.25) is 0 Å². The highest BCUT2D eigenvalue weighted by Gasteiger charge is 2.23. The van der Waals surface area contributed by atoms with Crippen molar-refractivity contribution in [3.63, 3.8) is 0 Å². The quantitative estimate of drug-likeness (QED) is 0.687. The molecule has 1 aromatic heterocycles. The molecule has 0 atom stereocenters. The maximum absolute atomic E-state index is 13.9. The number of fused-ring (bicyclic) bond motifs is 1.